The molecule has 1 saturated heterocycles. The molecule has 1 aromatic rings. The molecule has 0 spiro atoms. The first-order valence-corrected chi connectivity index (χ1v) is 6.89. The maximum Gasteiger partial charge on any atom is 0.128 e. The molecule has 0 saturated carbocycles. The van der Waals surface area contributed by atoms with Crippen molar-refractivity contribution in [2.75, 3.05) is 31.9 Å². The number of nitrogen functional groups attached to an aromatic ring is 1. The van der Waals surface area contributed by atoms with E-state index in [-0.39, 0.29) is 24.8 Å². The van der Waals surface area contributed by atoms with Gasteiger partial charge in [0.1, 0.15) is 5.82 Å². The molecule has 1 fully saturated rings. The minimum absolute atomic E-state index is 0. The Balaban J connectivity index is 0.00000180. The van der Waals surface area contributed by atoms with Crippen LogP contribution in [0.15, 0.2) is 18.3 Å². The van der Waals surface area contributed by atoms with Crippen LogP contribution < -0.4 is 11.1 Å². The van der Waals surface area contributed by atoms with Crippen molar-refractivity contribution >= 4 is 30.6 Å². The summed E-state index contributed by atoms with van der Waals surface area (Å²) in [4.78, 5) is 6.79. The third-order valence-electron chi connectivity index (χ3n) is 3.92. The van der Waals surface area contributed by atoms with E-state index in [1.807, 2.05) is 6.07 Å². The van der Waals surface area contributed by atoms with Gasteiger partial charge in [0.25, 0.3) is 0 Å². The molecule has 6 heteroatoms. The quantitative estimate of drug-likeness (QED) is 0.895. The number of nitrogens with one attached hydrogen (secondary N) is 1. The number of hydrogen-bond acceptors (Lipinski definition) is 4. The van der Waals surface area contributed by atoms with Crippen LogP contribution in [-0.2, 0) is 0 Å². The topological polar surface area (TPSA) is 54.2 Å². The number of piperazine rings is 1. The molecule has 4 nitrogen and oxygen atoms in total. The van der Waals surface area contributed by atoms with Gasteiger partial charge in [-0.2, -0.15) is 0 Å². The van der Waals surface area contributed by atoms with E-state index in [0.717, 1.165) is 32.6 Å². The molecule has 0 aliphatic carbocycles. The van der Waals surface area contributed by atoms with E-state index in [1.54, 1.807) is 6.20 Å². The molecular weight excluding hydrogens is 295 g/mol. The number of nitrogens with two attached hydrogens (primary N) is 1. The Bertz CT molecular complexity index is 383. The van der Waals surface area contributed by atoms with Crippen LogP contribution in [0.3, 0.4) is 0 Å². The van der Waals surface area contributed by atoms with Crippen LogP contribution in [0.4, 0.5) is 5.82 Å². The lowest BCUT2D eigenvalue weighted by Gasteiger charge is -2.38. The molecule has 2 heterocycles. The van der Waals surface area contributed by atoms with Gasteiger partial charge in [-0.15, -0.1) is 24.8 Å². The molecule has 0 bridgehead atoms. The van der Waals surface area contributed by atoms with Crippen LogP contribution >= 0.6 is 24.8 Å². The molecule has 20 heavy (non-hydrogen) atoms. The average Bonchev–Trinajstić information content (AvgIpc) is 2.42. The van der Waals surface area contributed by atoms with Gasteiger partial charge in [0.05, 0.1) is 0 Å². The molecule has 1 aliphatic heterocycles. The highest BCUT2D eigenvalue weighted by molar-refractivity contribution is 5.85. The molecule has 0 radical (unpaired) electrons. The maximum atomic E-state index is 6.07. The average molecular weight is 321 g/mol. The van der Waals surface area contributed by atoms with Crippen LogP contribution in [0.1, 0.15) is 31.9 Å². The summed E-state index contributed by atoms with van der Waals surface area (Å²) in [6, 6.07) is 4.51. The summed E-state index contributed by atoms with van der Waals surface area (Å²) in [5.74, 6) is 1.27. The van der Waals surface area contributed by atoms with E-state index in [0.29, 0.717) is 17.8 Å². The minimum atomic E-state index is 0. The summed E-state index contributed by atoms with van der Waals surface area (Å²) < 4.78 is 0. The molecule has 1 aliphatic rings. The maximum absolute atomic E-state index is 6.07. The van der Waals surface area contributed by atoms with Gasteiger partial charge < -0.3 is 11.1 Å². The van der Waals surface area contributed by atoms with Gasteiger partial charge in [0, 0.05) is 44.0 Å². The summed E-state index contributed by atoms with van der Waals surface area (Å²) in [7, 11) is 0. The number of hydrogen-bond donors (Lipinski definition) is 2. The fraction of sp³-hybridized carbons (Fsp3) is 0.643. The highest BCUT2D eigenvalue weighted by Gasteiger charge is 2.27. The van der Waals surface area contributed by atoms with Crippen molar-refractivity contribution < 1.29 is 0 Å². The lowest BCUT2D eigenvalue weighted by atomic mass is 9.91. The Labute approximate surface area is 134 Å². The Morgan fingerprint density at radius 2 is 2.00 bits per heavy atom. The van der Waals surface area contributed by atoms with E-state index >= 15 is 0 Å². The summed E-state index contributed by atoms with van der Waals surface area (Å²) in [5.41, 5.74) is 7.26. The highest BCUT2D eigenvalue weighted by atomic mass is 35.5. The third kappa shape index (κ3) is 4.48. The predicted molar refractivity (Wildman–Crippen MR) is 89.8 cm³/mol. The molecule has 3 N–H and O–H groups in total. The first kappa shape index (κ1) is 19.4. The SMILES string of the molecule is CCC(C)[C@H](c1cccnc1N)N1CCNCC1.Cl.Cl. The van der Waals surface area contributed by atoms with E-state index in [2.05, 4.69) is 35.1 Å². The van der Waals surface area contributed by atoms with Crippen molar-refractivity contribution in [3.05, 3.63) is 23.9 Å². The van der Waals surface area contributed by atoms with Gasteiger partial charge in [-0.3, -0.25) is 4.90 Å². The second kappa shape index (κ2) is 9.40. The van der Waals surface area contributed by atoms with Gasteiger partial charge in [0.2, 0.25) is 0 Å². The lowest BCUT2D eigenvalue weighted by Crippen LogP contribution is -2.46. The molecule has 0 amide bonds. The first-order chi connectivity index (χ1) is 8.74. The molecule has 2 atom stereocenters. The third-order valence-corrected chi connectivity index (χ3v) is 3.92. The van der Waals surface area contributed by atoms with Crippen LogP contribution in [0.25, 0.3) is 0 Å². The van der Waals surface area contributed by atoms with Gasteiger partial charge in [-0.25, -0.2) is 4.98 Å². The fourth-order valence-electron chi connectivity index (χ4n) is 2.73. The molecular formula is C14H26Cl2N4. The fourth-order valence-corrected chi connectivity index (χ4v) is 2.73. The standard InChI is InChI=1S/C14H24N4.2ClH/c1-3-11(2)13(18-9-7-16-8-10-18)12-5-4-6-17-14(12)15;;/h4-6,11,13,16H,3,7-10H2,1-2H3,(H2,15,17);2*1H/t11?,13-;;/m1../s1. The summed E-state index contributed by atoms with van der Waals surface area (Å²) >= 11 is 0. The van der Waals surface area contributed by atoms with Crippen molar-refractivity contribution in [2.45, 2.75) is 26.3 Å². The molecule has 0 aromatic carbocycles. The summed E-state index contributed by atoms with van der Waals surface area (Å²) in [6.07, 6.45) is 2.92. The Morgan fingerprint density at radius 3 is 2.55 bits per heavy atom. The van der Waals surface area contributed by atoms with E-state index < -0.39 is 0 Å². The van der Waals surface area contributed by atoms with E-state index in [4.69, 9.17) is 5.73 Å². The minimum Gasteiger partial charge on any atom is -0.383 e. The van der Waals surface area contributed by atoms with Crippen molar-refractivity contribution in [1.82, 2.24) is 15.2 Å². The molecule has 116 valence electrons. The smallest absolute Gasteiger partial charge is 0.128 e. The van der Waals surface area contributed by atoms with Crippen LogP contribution in [0, 0.1) is 5.92 Å². The van der Waals surface area contributed by atoms with Crippen molar-refractivity contribution in [1.29, 1.82) is 0 Å². The molecule has 2 rings (SSSR count). The number of anilines is 1. The second-order valence-electron chi connectivity index (χ2n) is 5.09. The Morgan fingerprint density at radius 1 is 1.35 bits per heavy atom. The van der Waals surface area contributed by atoms with Crippen LogP contribution in [-0.4, -0.2) is 36.1 Å². The normalized spacial score (nSPS) is 18.5. The molecule has 1 aromatic heterocycles. The summed E-state index contributed by atoms with van der Waals surface area (Å²) in [6.45, 7) is 8.85. The largest absolute Gasteiger partial charge is 0.383 e. The number of aromatic nitrogens is 1. The number of rotatable bonds is 4. The predicted octanol–water partition coefficient (Wildman–Crippen LogP) is 2.50. The number of nitrogens with zero attached hydrogens (tertiary/aromatic N) is 2. The highest BCUT2D eigenvalue weighted by Crippen LogP contribution is 2.33. The second-order valence-corrected chi connectivity index (χ2v) is 5.09. The Kier molecular flexibility index (Phi) is 9.14. The zero-order chi connectivity index (χ0) is 13.0. The van der Waals surface area contributed by atoms with Crippen molar-refractivity contribution in [3.8, 4) is 0 Å². The van der Waals surface area contributed by atoms with Gasteiger partial charge in [-0.1, -0.05) is 26.3 Å². The van der Waals surface area contributed by atoms with Crippen molar-refractivity contribution in [3.63, 3.8) is 0 Å². The van der Waals surface area contributed by atoms with E-state index in [1.165, 1.54) is 5.56 Å². The van der Waals surface area contributed by atoms with Gasteiger partial charge >= 0.3 is 0 Å². The number of pyridine rings is 1. The van der Waals surface area contributed by atoms with Gasteiger partial charge in [-0.05, 0) is 12.0 Å². The van der Waals surface area contributed by atoms with Crippen LogP contribution in [0.5, 0.6) is 0 Å². The lowest BCUT2D eigenvalue weighted by molar-refractivity contribution is 0.129. The van der Waals surface area contributed by atoms with E-state index in [9.17, 15) is 0 Å². The molecule has 1 unspecified atom stereocenters. The van der Waals surface area contributed by atoms with Crippen LogP contribution in [0.2, 0.25) is 0 Å². The first-order valence-electron chi connectivity index (χ1n) is 6.89. The zero-order valence-corrected chi connectivity index (χ0v) is 13.8. The monoisotopic (exact) mass is 320 g/mol. The number of halogens is 2. The summed E-state index contributed by atoms with van der Waals surface area (Å²) in [5, 5.41) is 3.40. The van der Waals surface area contributed by atoms with Crippen molar-refractivity contribution in [2.24, 2.45) is 5.92 Å². The zero-order valence-electron chi connectivity index (χ0n) is 12.2. The Hall–Kier alpha value is -0.550. The van der Waals surface area contributed by atoms with Gasteiger partial charge in [0.15, 0.2) is 0 Å².